The molecule has 1 aliphatic heterocycles. The van der Waals surface area contributed by atoms with E-state index in [1.54, 1.807) is 25.6 Å². The van der Waals surface area contributed by atoms with Crippen LogP contribution >= 0.6 is 0 Å². The van der Waals surface area contributed by atoms with Crippen molar-refractivity contribution in [2.24, 2.45) is 7.05 Å². The van der Waals surface area contributed by atoms with Crippen molar-refractivity contribution >= 4 is 9.84 Å². The van der Waals surface area contributed by atoms with E-state index in [9.17, 15) is 8.42 Å². The van der Waals surface area contributed by atoms with Crippen molar-refractivity contribution < 1.29 is 8.42 Å². The molecule has 1 fully saturated rings. The van der Waals surface area contributed by atoms with Crippen LogP contribution in [0.2, 0.25) is 0 Å². The Kier molecular flexibility index (Phi) is 4.27. The maximum absolute atomic E-state index is 12.4. The number of hydrogen-bond donors (Lipinski definition) is 1. The van der Waals surface area contributed by atoms with Crippen molar-refractivity contribution in [2.75, 3.05) is 38.5 Å². The van der Waals surface area contributed by atoms with Crippen LogP contribution in [0.3, 0.4) is 0 Å². The maximum Gasteiger partial charge on any atom is 0.183 e. The molecule has 1 saturated heterocycles. The molecule has 2 rings (SSSR count). The molecule has 1 aliphatic rings. The van der Waals surface area contributed by atoms with Gasteiger partial charge in [-0.2, -0.15) is 5.10 Å². The van der Waals surface area contributed by atoms with Gasteiger partial charge in [-0.25, -0.2) is 8.42 Å². The fraction of sp³-hybridized carbons (Fsp3) is 0.750. The van der Waals surface area contributed by atoms with Crippen LogP contribution in [0.15, 0.2) is 4.90 Å². The van der Waals surface area contributed by atoms with Gasteiger partial charge in [0.2, 0.25) is 0 Å². The molecule has 2 heterocycles. The molecule has 0 spiro atoms. The third kappa shape index (κ3) is 3.16. The van der Waals surface area contributed by atoms with Crippen LogP contribution in [0.1, 0.15) is 11.4 Å². The fourth-order valence-electron chi connectivity index (χ4n) is 2.49. The summed E-state index contributed by atoms with van der Waals surface area (Å²) >= 11 is 0. The summed E-state index contributed by atoms with van der Waals surface area (Å²) in [6, 6.07) is 0. The van der Waals surface area contributed by atoms with Crippen molar-refractivity contribution in [1.29, 1.82) is 0 Å². The molecule has 0 amide bonds. The summed E-state index contributed by atoms with van der Waals surface area (Å²) in [5.74, 6) is 0.167. The largest absolute Gasteiger partial charge is 0.314 e. The molecule has 7 heteroatoms. The quantitative estimate of drug-likeness (QED) is 0.824. The van der Waals surface area contributed by atoms with E-state index in [0.29, 0.717) is 17.1 Å². The van der Waals surface area contributed by atoms with Crippen molar-refractivity contribution in [2.45, 2.75) is 18.7 Å². The Morgan fingerprint density at radius 3 is 2.42 bits per heavy atom. The number of aromatic nitrogens is 2. The van der Waals surface area contributed by atoms with Crippen LogP contribution < -0.4 is 5.32 Å². The fourth-order valence-corrected chi connectivity index (χ4v) is 4.27. The van der Waals surface area contributed by atoms with Crippen LogP contribution in [0, 0.1) is 13.8 Å². The van der Waals surface area contributed by atoms with E-state index in [2.05, 4.69) is 15.3 Å². The number of nitrogens with one attached hydrogen (secondary N) is 1. The molecular weight excluding hydrogens is 264 g/mol. The summed E-state index contributed by atoms with van der Waals surface area (Å²) < 4.78 is 26.5. The highest BCUT2D eigenvalue weighted by molar-refractivity contribution is 7.91. The Hall–Kier alpha value is -0.920. The van der Waals surface area contributed by atoms with Gasteiger partial charge in [-0.3, -0.25) is 9.58 Å². The lowest BCUT2D eigenvalue weighted by atomic mass is 10.4. The van der Waals surface area contributed by atoms with Crippen LogP contribution in [0.25, 0.3) is 0 Å². The zero-order chi connectivity index (χ0) is 14.0. The number of sulfone groups is 1. The second kappa shape index (κ2) is 5.60. The summed E-state index contributed by atoms with van der Waals surface area (Å²) in [5.41, 5.74) is 1.32. The molecule has 19 heavy (non-hydrogen) atoms. The summed E-state index contributed by atoms with van der Waals surface area (Å²) in [6.45, 7) is 7.86. The van der Waals surface area contributed by atoms with Gasteiger partial charge in [0.1, 0.15) is 4.90 Å². The van der Waals surface area contributed by atoms with E-state index >= 15 is 0 Å². The third-order valence-corrected chi connectivity index (χ3v) is 5.57. The molecule has 1 aromatic heterocycles. The number of aryl methyl sites for hydroxylation is 2. The average Bonchev–Trinajstić information content (AvgIpc) is 2.63. The molecule has 0 radical (unpaired) electrons. The van der Waals surface area contributed by atoms with Gasteiger partial charge < -0.3 is 5.32 Å². The number of hydrogen-bond acceptors (Lipinski definition) is 5. The van der Waals surface area contributed by atoms with E-state index < -0.39 is 9.84 Å². The predicted octanol–water partition coefficient (Wildman–Crippen LogP) is -0.284. The molecule has 0 unspecified atom stereocenters. The Labute approximate surface area is 114 Å². The first kappa shape index (κ1) is 14.5. The highest BCUT2D eigenvalue weighted by atomic mass is 32.2. The van der Waals surface area contributed by atoms with Crippen LogP contribution in [0.5, 0.6) is 0 Å². The van der Waals surface area contributed by atoms with Gasteiger partial charge >= 0.3 is 0 Å². The molecule has 108 valence electrons. The third-order valence-electron chi connectivity index (χ3n) is 3.64. The second-order valence-corrected chi connectivity index (χ2v) is 7.08. The van der Waals surface area contributed by atoms with Gasteiger partial charge in [-0.05, 0) is 13.8 Å². The van der Waals surface area contributed by atoms with Gasteiger partial charge in [0, 0.05) is 39.8 Å². The minimum absolute atomic E-state index is 0.167. The first-order valence-corrected chi connectivity index (χ1v) is 8.23. The monoisotopic (exact) mass is 286 g/mol. The Morgan fingerprint density at radius 2 is 1.89 bits per heavy atom. The van der Waals surface area contributed by atoms with Crippen LogP contribution in [-0.4, -0.2) is 61.6 Å². The minimum atomic E-state index is -3.25. The Balaban J connectivity index is 2.09. The van der Waals surface area contributed by atoms with Gasteiger partial charge in [0.25, 0.3) is 0 Å². The molecule has 1 aromatic rings. The molecule has 0 bridgehead atoms. The van der Waals surface area contributed by atoms with E-state index in [4.69, 9.17) is 0 Å². The van der Waals surface area contributed by atoms with Crippen LogP contribution in [0.4, 0.5) is 0 Å². The minimum Gasteiger partial charge on any atom is -0.314 e. The highest BCUT2D eigenvalue weighted by Crippen LogP contribution is 2.20. The molecule has 1 N–H and O–H groups in total. The molecule has 0 atom stereocenters. The average molecular weight is 286 g/mol. The lowest BCUT2D eigenvalue weighted by Gasteiger charge is -2.26. The normalized spacial score (nSPS) is 17.8. The summed E-state index contributed by atoms with van der Waals surface area (Å²) in [7, 11) is -1.47. The summed E-state index contributed by atoms with van der Waals surface area (Å²) in [6.07, 6.45) is 0. The summed E-state index contributed by atoms with van der Waals surface area (Å²) in [5, 5.41) is 7.45. The standard InChI is InChI=1S/C12H22N4O2S/c1-10-12(11(2)15(3)14-10)19(17,18)9-8-16-6-4-13-5-7-16/h13H,4-9H2,1-3H3. The molecular formula is C12H22N4O2S. The topological polar surface area (TPSA) is 67.2 Å². The van der Waals surface area contributed by atoms with Gasteiger partial charge in [0.05, 0.1) is 17.1 Å². The zero-order valence-electron chi connectivity index (χ0n) is 11.8. The zero-order valence-corrected chi connectivity index (χ0v) is 12.6. The van der Waals surface area contributed by atoms with Gasteiger partial charge in [-0.15, -0.1) is 0 Å². The number of piperazine rings is 1. The second-order valence-electron chi connectivity index (χ2n) is 5.03. The first-order chi connectivity index (χ1) is 8.92. The molecule has 6 nitrogen and oxygen atoms in total. The van der Waals surface area contributed by atoms with Gasteiger partial charge in [-0.1, -0.05) is 0 Å². The van der Waals surface area contributed by atoms with Crippen molar-refractivity contribution in [3.8, 4) is 0 Å². The van der Waals surface area contributed by atoms with Crippen molar-refractivity contribution in [3.05, 3.63) is 11.4 Å². The van der Waals surface area contributed by atoms with E-state index in [1.165, 1.54) is 0 Å². The molecule has 0 aliphatic carbocycles. The van der Waals surface area contributed by atoms with Crippen molar-refractivity contribution in [1.82, 2.24) is 20.0 Å². The lowest BCUT2D eigenvalue weighted by molar-refractivity contribution is 0.254. The first-order valence-electron chi connectivity index (χ1n) is 6.58. The number of rotatable bonds is 4. The van der Waals surface area contributed by atoms with Gasteiger partial charge in [0.15, 0.2) is 9.84 Å². The van der Waals surface area contributed by atoms with E-state index in [-0.39, 0.29) is 5.75 Å². The summed E-state index contributed by atoms with van der Waals surface area (Å²) in [4.78, 5) is 2.60. The SMILES string of the molecule is Cc1nn(C)c(C)c1S(=O)(=O)CCN1CCNCC1. The molecule has 0 saturated carbocycles. The van der Waals surface area contributed by atoms with E-state index in [0.717, 1.165) is 31.9 Å². The Morgan fingerprint density at radius 1 is 1.26 bits per heavy atom. The maximum atomic E-state index is 12.4. The van der Waals surface area contributed by atoms with Crippen LogP contribution in [-0.2, 0) is 16.9 Å². The predicted molar refractivity (Wildman–Crippen MR) is 74.0 cm³/mol. The van der Waals surface area contributed by atoms with E-state index in [1.807, 2.05) is 0 Å². The van der Waals surface area contributed by atoms with Crippen molar-refractivity contribution in [3.63, 3.8) is 0 Å². The number of nitrogens with zero attached hydrogens (tertiary/aromatic N) is 3. The lowest BCUT2D eigenvalue weighted by Crippen LogP contribution is -2.45. The highest BCUT2D eigenvalue weighted by Gasteiger charge is 2.24. The smallest absolute Gasteiger partial charge is 0.183 e. The Bertz CT molecular complexity index is 544. The molecule has 0 aromatic carbocycles.